The number of nitriles is 1. The summed E-state index contributed by atoms with van der Waals surface area (Å²) in [5.74, 6) is -0.349. The lowest BCUT2D eigenvalue weighted by Gasteiger charge is -2.15. The Kier molecular flexibility index (Phi) is 3.80. The molecule has 1 aromatic heterocycles. The number of rotatable bonds is 3. The van der Waals surface area contributed by atoms with Gasteiger partial charge in [0.25, 0.3) is 0 Å². The lowest BCUT2D eigenvalue weighted by molar-refractivity contribution is 0.0696. The first-order chi connectivity index (χ1) is 11.4. The van der Waals surface area contributed by atoms with Gasteiger partial charge in [0.05, 0.1) is 34.3 Å². The number of nitrogens with zero attached hydrogens (tertiary/aromatic N) is 2. The molecule has 0 saturated carbocycles. The van der Waals surface area contributed by atoms with Crippen LogP contribution in [0.25, 0.3) is 22.2 Å². The number of carbonyl (C=O) groups is 1. The van der Waals surface area contributed by atoms with E-state index in [1.54, 1.807) is 13.0 Å². The van der Waals surface area contributed by atoms with Crippen LogP contribution in [-0.4, -0.2) is 26.2 Å². The monoisotopic (exact) mass is 321 g/mol. The molecule has 0 bridgehead atoms. The van der Waals surface area contributed by atoms with Crippen LogP contribution in [0.4, 0.5) is 0 Å². The Balaban J connectivity index is 2.32. The predicted octanol–water partition coefficient (Wildman–Crippen LogP) is 3.16. The van der Waals surface area contributed by atoms with Crippen LogP contribution in [0.2, 0.25) is 0 Å². The highest BCUT2D eigenvalue weighted by Gasteiger charge is 2.19. The first-order valence-corrected chi connectivity index (χ1v) is 7.37. The van der Waals surface area contributed by atoms with Gasteiger partial charge in [-0.25, -0.2) is 9.78 Å². The first-order valence-electron chi connectivity index (χ1n) is 7.37. The number of aromatic carboxylic acids is 1. The average molecular weight is 321 g/mol. The Bertz CT molecular complexity index is 997. The van der Waals surface area contributed by atoms with Crippen LogP contribution in [0.1, 0.15) is 40.3 Å². The van der Waals surface area contributed by atoms with Crippen molar-refractivity contribution in [3.63, 3.8) is 0 Å². The van der Waals surface area contributed by atoms with Gasteiger partial charge in [-0.1, -0.05) is 6.07 Å². The van der Waals surface area contributed by atoms with E-state index < -0.39 is 12.1 Å². The van der Waals surface area contributed by atoms with E-state index in [1.165, 1.54) is 12.1 Å². The number of aromatic nitrogens is 2. The van der Waals surface area contributed by atoms with Crippen molar-refractivity contribution in [3.8, 4) is 17.2 Å². The summed E-state index contributed by atoms with van der Waals surface area (Å²) in [6, 6.07) is 10.2. The number of nitrogens with one attached hydrogen (secondary N) is 1. The Hall–Kier alpha value is -3.17. The van der Waals surface area contributed by atoms with Crippen molar-refractivity contribution in [2.45, 2.75) is 20.0 Å². The number of H-pyrrole nitrogens is 1. The zero-order valence-electron chi connectivity index (χ0n) is 13.2. The topological polar surface area (TPSA) is 110 Å². The van der Waals surface area contributed by atoms with Gasteiger partial charge in [0.2, 0.25) is 0 Å². The molecule has 1 unspecified atom stereocenters. The minimum absolute atomic E-state index is 0.00633. The van der Waals surface area contributed by atoms with Crippen LogP contribution in [0.5, 0.6) is 0 Å². The molecule has 1 atom stereocenters. The van der Waals surface area contributed by atoms with Crippen molar-refractivity contribution in [1.29, 1.82) is 5.26 Å². The van der Waals surface area contributed by atoms with Crippen molar-refractivity contribution in [2.24, 2.45) is 0 Å². The zero-order chi connectivity index (χ0) is 17.4. The SMILES string of the molecule is Cc1nc2ccc(-c3cc(C(=O)O)cc(C#N)c3C(C)O)cc2[nH]1. The molecule has 0 fully saturated rings. The Morgan fingerprint density at radius 3 is 2.71 bits per heavy atom. The second kappa shape index (κ2) is 5.80. The number of aliphatic hydroxyl groups excluding tert-OH is 1. The van der Waals surface area contributed by atoms with Crippen LogP contribution in [0.15, 0.2) is 30.3 Å². The van der Waals surface area contributed by atoms with E-state index in [0.717, 1.165) is 16.9 Å². The van der Waals surface area contributed by atoms with Gasteiger partial charge in [0.15, 0.2) is 0 Å². The lowest BCUT2D eigenvalue weighted by Crippen LogP contribution is -2.04. The summed E-state index contributed by atoms with van der Waals surface area (Å²) in [6.07, 6.45) is -0.906. The van der Waals surface area contributed by atoms with E-state index in [2.05, 4.69) is 9.97 Å². The molecule has 0 aliphatic rings. The van der Waals surface area contributed by atoms with Gasteiger partial charge >= 0.3 is 5.97 Å². The summed E-state index contributed by atoms with van der Waals surface area (Å²) >= 11 is 0. The van der Waals surface area contributed by atoms with Crippen molar-refractivity contribution >= 4 is 17.0 Å². The quantitative estimate of drug-likeness (QED) is 0.686. The van der Waals surface area contributed by atoms with E-state index in [-0.39, 0.29) is 11.1 Å². The molecule has 0 radical (unpaired) electrons. The first kappa shape index (κ1) is 15.7. The smallest absolute Gasteiger partial charge is 0.335 e. The van der Waals surface area contributed by atoms with Crippen LogP contribution >= 0.6 is 0 Å². The molecule has 3 aromatic rings. The summed E-state index contributed by atoms with van der Waals surface area (Å²) < 4.78 is 0. The van der Waals surface area contributed by atoms with Crippen molar-refractivity contribution < 1.29 is 15.0 Å². The fourth-order valence-corrected chi connectivity index (χ4v) is 2.86. The van der Waals surface area contributed by atoms with E-state index in [1.807, 2.05) is 25.1 Å². The Morgan fingerprint density at radius 2 is 2.08 bits per heavy atom. The maximum Gasteiger partial charge on any atom is 0.335 e. The predicted molar refractivity (Wildman–Crippen MR) is 88.6 cm³/mol. The van der Waals surface area contributed by atoms with Gasteiger partial charge in [0, 0.05) is 5.56 Å². The van der Waals surface area contributed by atoms with Gasteiger partial charge in [-0.2, -0.15) is 5.26 Å². The lowest BCUT2D eigenvalue weighted by atomic mass is 9.90. The Labute approximate surface area is 138 Å². The molecule has 0 spiro atoms. The molecule has 6 nitrogen and oxygen atoms in total. The van der Waals surface area contributed by atoms with Crippen LogP contribution in [0.3, 0.4) is 0 Å². The minimum Gasteiger partial charge on any atom is -0.478 e. The van der Waals surface area contributed by atoms with Crippen LogP contribution in [0, 0.1) is 18.3 Å². The number of hydrogen-bond acceptors (Lipinski definition) is 4. The average Bonchev–Trinajstić information content (AvgIpc) is 2.92. The van der Waals surface area contributed by atoms with Crippen LogP contribution in [-0.2, 0) is 0 Å². The van der Waals surface area contributed by atoms with Crippen molar-refractivity contribution in [3.05, 3.63) is 52.8 Å². The molecule has 0 amide bonds. The molecule has 120 valence electrons. The second-order valence-electron chi connectivity index (χ2n) is 5.63. The number of fused-ring (bicyclic) bond motifs is 1. The van der Waals surface area contributed by atoms with Gasteiger partial charge in [-0.05, 0) is 49.2 Å². The molecule has 1 heterocycles. The Morgan fingerprint density at radius 1 is 1.33 bits per heavy atom. The summed E-state index contributed by atoms with van der Waals surface area (Å²) in [4.78, 5) is 18.8. The number of aliphatic hydroxyl groups is 1. The molecule has 3 N–H and O–H groups in total. The van der Waals surface area contributed by atoms with Crippen molar-refractivity contribution in [2.75, 3.05) is 0 Å². The van der Waals surface area contributed by atoms with Crippen LogP contribution < -0.4 is 0 Å². The van der Waals surface area contributed by atoms with Crippen molar-refractivity contribution in [1.82, 2.24) is 9.97 Å². The number of carboxylic acids is 1. The highest BCUT2D eigenvalue weighted by atomic mass is 16.4. The second-order valence-corrected chi connectivity index (χ2v) is 5.63. The minimum atomic E-state index is -1.12. The largest absolute Gasteiger partial charge is 0.478 e. The number of carboxylic acid groups (broad SMARTS) is 1. The third-order valence-electron chi connectivity index (χ3n) is 3.88. The molecule has 0 aliphatic heterocycles. The summed E-state index contributed by atoms with van der Waals surface area (Å²) in [7, 11) is 0. The summed E-state index contributed by atoms with van der Waals surface area (Å²) in [5, 5.41) is 28.7. The zero-order valence-corrected chi connectivity index (χ0v) is 13.2. The standard InChI is InChI=1S/C18H15N3O3/c1-9(22)17-13(8-19)5-12(18(23)24)6-14(17)11-3-4-15-16(7-11)21-10(2)20-15/h3-7,9,22H,1-2H3,(H,20,21)(H,23,24). The van der Waals surface area contributed by atoms with Gasteiger partial charge in [-0.3, -0.25) is 0 Å². The summed E-state index contributed by atoms with van der Waals surface area (Å²) in [6.45, 7) is 3.40. The summed E-state index contributed by atoms with van der Waals surface area (Å²) in [5.41, 5.74) is 3.41. The van der Waals surface area contributed by atoms with Gasteiger partial charge in [-0.15, -0.1) is 0 Å². The molecular formula is C18H15N3O3. The number of aryl methyl sites for hydroxylation is 1. The highest BCUT2D eigenvalue weighted by Crippen LogP contribution is 2.33. The normalized spacial score (nSPS) is 12.1. The molecule has 2 aromatic carbocycles. The fraction of sp³-hybridized carbons (Fsp3) is 0.167. The molecule has 0 aliphatic carbocycles. The van der Waals surface area contributed by atoms with E-state index >= 15 is 0 Å². The fourth-order valence-electron chi connectivity index (χ4n) is 2.86. The third kappa shape index (κ3) is 2.62. The number of aromatic amines is 1. The number of hydrogen-bond donors (Lipinski definition) is 3. The van der Waals surface area contributed by atoms with Gasteiger partial charge in [0.1, 0.15) is 5.82 Å². The van der Waals surface area contributed by atoms with E-state index in [4.69, 9.17) is 0 Å². The molecule has 24 heavy (non-hydrogen) atoms. The van der Waals surface area contributed by atoms with E-state index in [0.29, 0.717) is 16.7 Å². The molecular weight excluding hydrogens is 306 g/mol. The number of imidazole rings is 1. The third-order valence-corrected chi connectivity index (χ3v) is 3.88. The van der Waals surface area contributed by atoms with Gasteiger partial charge < -0.3 is 15.2 Å². The number of benzene rings is 2. The highest BCUT2D eigenvalue weighted by molar-refractivity contribution is 5.92. The molecule has 0 saturated heterocycles. The van der Waals surface area contributed by atoms with E-state index in [9.17, 15) is 20.3 Å². The molecule has 3 rings (SSSR count). The maximum absolute atomic E-state index is 11.4. The molecule has 6 heteroatoms. The maximum atomic E-state index is 11.4.